The molecule has 6 heteroatoms. The van der Waals surface area contributed by atoms with E-state index in [0.717, 1.165) is 19.4 Å². The molecule has 0 bridgehead atoms. The Morgan fingerprint density at radius 3 is 2.67 bits per heavy atom. The minimum atomic E-state index is -3.03. The van der Waals surface area contributed by atoms with Crippen molar-refractivity contribution in [2.75, 3.05) is 31.8 Å². The molecule has 0 spiro atoms. The van der Waals surface area contributed by atoms with Gasteiger partial charge in [-0.25, -0.2) is 12.7 Å². The largest absolute Gasteiger partial charge is 0.314 e. The molecule has 0 radical (unpaired) electrons. The molecule has 0 aromatic carbocycles. The summed E-state index contributed by atoms with van der Waals surface area (Å²) in [5.41, 5.74) is 0. The first-order chi connectivity index (χ1) is 8.34. The summed E-state index contributed by atoms with van der Waals surface area (Å²) in [6.07, 6.45) is 3.35. The summed E-state index contributed by atoms with van der Waals surface area (Å²) < 4.78 is 24.6. The van der Waals surface area contributed by atoms with Gasteiger partial charge in [-0.15, -0.1) is 11.6 Å². The summed E-state index contributed by atoms with van der Waals surface area (Å²) in [6, 6.07) is 0.371. The van der Waals surface area contributed by atoms with Crippen LogP contribution in [0, 0.1) is 11.8 Å². The summed E-state index contributed by atoms with van der Waals surface area (Å²) in [5, 5.41) is 3.47. The average Bonchev–Trinajstić information content (AvgIpc) is 2.34. The van der Waals surface area contributed by atoms with E-state index in [9.17, 15) is 8.42 Å². The highest BCUT2D eigenvalue weighted by atomic mass is 35.5. The molecule has 1 fully saturated rings. The number of alkyl halides is 1. The van der Waals surface area contributed by atoms with Crippen LogP contribution in [0.3, 0.4) is 0 Å². The van der Waals surface area contributed by atoms with Crippen molar-refractivity contribution in [2.24, 2.45) is 11.8 Å². The normalized spacial score (nSPS) is 25.9. The van der Waals surface area contributed by atoms with Gasteiger partial charge in [0.25, 0.3) is 0 Å². The lowest BCUT2D eigenvalue weighted by molar-refractivity contribution is 0.251. The van der Waals surface area contributed by atoms with Gasteiger partial charge < -0.3 is 5.32 Å². The van der Waals surface area contributed by atoms with E-state index in [1.807, 2.05) is 0 Å². The number of nitrogens with zero attached hydrogens (tertiary/aromatic N) is 1. The van der Waals surface area contributed by atoms with Gasteiger partial charge in [0.2, 0.25) is 10.0 Å². The fourth-order valence-corrected chi connectivity index (χ4v) is 3.39. The Morgan fingerprint density at radius 1 is 1.44 bits per heavy atom. The molecule has 1 aliphatic rings. The number of nitrogens with one attached hydrogen (secondary N) is 1. The highest BCUT2D eigenvalue weighted by Crippen LogP contribution is 2.18. The topological polar surface area (TPSA) is 49.4 Å². The Balaban J connectivity index is 2.39. The molecule has 108 valence electrons. The van der Waals surface area contributed by atoms with Gasteiger partial charge in [-0.2, -0.15) is 0 Å². The molecular formula is C12H25ClN2O2S. The summed E-state index contributed by atoms with van der Waals surface area (Å²) in [7, 11) is -3.03. The number of sulfonamides is 1. The zero-order valence-electron chi connectivity index (χ0n) is 11.5. The quantitative estimate of drug-likeness (QED) is 0.756. The van der Waals surface area contributed by atoms with E-state index in [1.54, 1.807) is 4.31 Å². The highest BCUT2D eigenvalue weighted by molar-refractivity contribution is 7.88. The first-order valence-corrected chi connectivity index (χ1v) is 8.97. The molecular weight excluding hydrogens is 272 g/mol. The molecule has 0 aliphatic carbocycles. The van der Waals surface area contributed by atoms with Gasteiger partial charge in [-0.05, 0) is 38.1 Å². The van der Waals surface area contributed by atoms with Gasteiger partial charge >= 0.3 is 0 Å². The number of halogens is 1. The first-order valence-electron chi connectivity index (χ1n) is 6.59. The third kappa shape index (κ3) is 5.03. The lowest BCUT2D eigenvalue weighted by Crippen LogP contribution is -2.44. The number of rotatable bonds is 6. The summed E-state index contributed by atoms with van der Waals surface area (Å²) in [4.78, 5) is 0. The summed E-state index contributed by atoms with van der Waals surface area (Å²) >= 11 is 5.82. The molecule has 1 N–H and O–H groups in total. The third-order valence-electron chi connectivity index (χ3n) is 3.78. The van der Waals surface area contributed by atoms with Crippen molar-refractivity contribution in [3.05, 3.63) is 0 Å². The zero-order valence-corrected chi connectivity index (χ0v) is 13.1. The van der Waals surface area contributed by atoms with Crippen LogP contribution >= 0.6 is 11.6 Å². The van der Waals surface area contributed by atoms with Crippen LogP contribution in [0.5, 0.6) is 0 Å². The molecule has 1 aliphatic heterocycles. The van der Waals surface area contributed by atoms with Crippen LogP contribution in [0.25, 0.3) is 0 Å². The predicted molar refractivity (Wildman–Crippen MR) is 76.5 cm³/mol. The fraction of sp³-hybridized carbons (Fsp3) is 1.00. The maximum Gasteiger partial charge on any atom is 0.211 e. The molecule has 3 atom stereocenters. The monoisotopic (exact) mass is 296 g/mol. The van der Waals surface area contributed by atoms with Gasteiger partial charge in [0.15, 0.2) is 0 Å². The molecule has 0 aromatic rings. The zero-order chi connectivity index (χ0) is 13.8. The minimum absolute atomic E-state index is 0.371. The van der Waals surface area contributed by atoms with Crippen LogP contribution in [0.2, 0.25) is 0 Å². The SMILES string of the molecule is CC(CCl)C(C)NCC1CCCN(S(C)(=O)=O)C1. The van der Waals surface area contributed by atoms with Crippen LogP contribution in [0.4, 0.5) is 0 Å². The van der Waals surface area contributed by atoms with Crippen LogP contribution in [0.1, 0.15) is 26.7 Å². The van der Waals surface area contributed by atoms with E-state index < -0.39 is 10.0 Å². The van der Waals surface area contributed by atoms with Crippen LogP contribution in [0.15, 0.2) is 0 Å². The molecule has 4 nitrogen and oxygen atoms in total. The third-order valence-corrected chi connectivity index (χ3v) is 5.53. The molecule has 1 heterocycles. The van der Waals surface area contributed by atoms with E-state index in [4.69, 9.17) is 11.6 Å². The molecule has 1 saturated heterocycles. The van der Waals surface area contributed by atoms with Crippen molar-refractivity contribution in [3.63, 3.8) is 0 Å². The van der Waals surface area contributed by atoms with Gasteiger partial charge in [0.05, 0.1) is 6.26 Å². The molecule has 0 amide bonds. The standard InChI is InChI=1S/C12H25ClN2O2S/c1-10(7-13)11(2)14-8-12-5-4-6-15(9-12)18(3,16)17/h10-12,14H,4-9H2,1-3H3. The smallest absolute Gasteiger partial charge is 0.211 e. The van der Waals surface area contributed by atoms with E-state index in [1.165, 1.54) is 6.26 Å². The van der Waals surface area contributed by atoms with Crippen molar-refractivity contribution >= 4 is 21.6 Å². The minimum Gasteiger partial charge on any atom is -0.314 e. The Hall–Kier alpha value is 0.160. The van der Waals surface area contributed by atoms with Gasteiger partial charge in [-0.1, -0.05) is 6.92 Å². The second kappa shape index (κ2) is 7.08. The van der Waals surface area contributed by atoms with Gasteiger partial charge in [0, 0.05) is 25.0 Å². The van der Waals surface area contributed by atoms with Crippen molar-refractivity contribution in [3.8, 4) is 0 Å². The van der Waals surface area contributed by atoms with Crippen molar-refractivity contribution < 1.29 is 8.42 Å². The summed E-state index contributed by atoms with van der Waals surface area (Å²) in [5.74, 6) is 1.49. The number of hydrogen-bond acceptors (Lipinski definition) is 3. The predicted octanol–water partition coefficient (Wildman–Crippen LogP) is 1.51. The molecule has 0 saturated carbocycles. The van der Waals surface area contributed by atoms with Gasteiger partial charge in [-0.3, -0.25) is 0 Å². The maximum atomic E-state index is 11.5. The Labute approximate surface area is 116 Å². The summed E-state index contributed by atoms with van der Waals surface area (Å²) in [6.45, 7) is 6.43. The Bertz CT molecular complexity index is 348. The van der Waals surface area contributed by atoms with Crippen LogP contribution < -0.4 is 5.32 Å². The maximum absolute atomic E-state index is 11.5. The van der Waals surface area contributed by atoms with Crippen molar-refractivity contribution in [2.45, 2.75) is 32.7 Å². The van der Waals surface area contributed by atoms with Crippen molar-refractivity contribution in [1.29, 1.82) is 0 Å². The highest BCUT2D eigenvalue weighted by Gasteiger charge is 2.26. The van der Waals surface area contributed by atoms with Crippen molar-refractivity contribution in [1.82, 2.24) is 9.62 Å². The molecule has 3 unspecified atom stereocenters. The first kappa shape index (κ1) is 16.2. The molecule has 0 aromatic heterocycles. The van der Waals surface area contributed by atoms with E-state index in [0.29, 0.717) is 36.8 Å². The van der Waals surface area contributed by atoms with Crippen LogP contribution in [-0.2, 0) is 10.0 Å². The lowest BCUT2D eigenvalue weighted by Gasteiger charge is -2.32. The van der Waals surface area contributed by atoms with Crippen LogP contribution in [-0.4, -0.2) is 50.5 Å². The van der Waals surface area contributed by atoms with Gasteiger partial charge in [0.1, 0.15) is 0 Å². The van der Waals surface area contributed by atoms with E-state index >= 15 is 0 Å². The number of piperidine rings is 1. The average molecular weight is 297 g/mol. The van der Waals surface area contributed by atoms with E-state index in [-0.39, 0.29) is 0 Å². The molecule has 18 heavy (non-hydrogen) atoms. The Kier molecular flexibility index (Phi) is 6.38. The second-order valence-corrected chi connectivity index (χ2v) is 7.75. The lowest BCUT2D eigenvalue weighted by atomic mass is 9.98. The molecule has 1 rings (SSSR count). The van der Waals surface area contributed by atoms with E-state index in [2.05, 4.69) is 19.2 Å². The number of hydrogen-bond donors (Lipinski definition) is 1. The fourth-order valence-electron chi connectivity index (χ4n) is 2.18. The Morgan fingerprint density at radius 2 is 2.11 bits per heavy atom. The second-order valence-electron chi connectivity index (χ2n) is 5.46.